The van der Waals surface area contributed by atoms with E-state index >= 15 is 0 Å². The molecule has 0 aliphatic carbocycles. The number of carbonyl (C=O) groups excluding carboxylic acids is 3. The fourth-order valence-electron chi connectivity index (χ4n) is 2.86. The van der Waals surface area contributed by atoms with E-state index in [0.717, 1.165) is 5.39 Å². The van der Waals surface area contributed by atoms with Crippen LogP contribution in [-0.2, 0) is 19.1 Å². The van der Waals surface area contributed by atoms with Gasteiger partial charge in [0.05, 0.1) is 13.7 Å². The van der Waals surface area contributed by atoms with Crippen molar-refractivity contribution in [2.75, 3.05) is 20.3 Å². The molecular weight excluding hydrogens is 378 g/mol. The molecule has 2 aromatic rings. The number of esters is 2. The second kappa shape index (κ2) is 9.95. The summed E-state index contributed by atoms with van der Waals surface area (Å²) < 4.78 is 20.8. The van der Waals surface area contributed by atoms with Crippen LogP contribution in [0.25, 0.3) is 11.0 Å². The normalized spacial score (nSPS) is 12.9. The van der Waals surface area contributed by atoms with Crippen molar-refractivity contribution in [1.29, 1.82) is 0 Å². The minimum Gasteiger partial charge on any atom is -0.494 e. The molecule has 1 N–H and O–H groups in total. The van der Waals surface area contributed by atoms with Crippen LogP contribution < -0.4 is 10.1 Å². The summed E-state index contributed by atoms with van der Waals surface area (Å²) in [6.07, 6.45) is 0.668. The lowest BCUT2D eigenvalue weighted by Crippen LogP contribution is -2.47. The first-order valence-corrected chi connectivity index (χ1v) is 9.52. The van der Waals surface area contributed by atoms with Gasteiger partial charge in [0.1, 0.15) is 17.4 Å². The number of hydrogen-bond donors (Lipinski definition) is 1. The summed E-state index contributed by atoms with van der Waals surface area (Å²) >= 11 is 0. The quantitative estimate of drug-likeness (QED) is 0.640. The molecule has 0 unspecified atom stereocenters. The molecule has 1 aromatic carbocycles. The number of carbonyl (C=O) groups is 3. The van der Waals surface area contributed by atoms with Crippen molar-refractivity contribution in [3.8, 4) is 5.75 Å². The highest BCUT2D eigenvalue weighted by molar-refractivity contribution is 5.97. The minimum absolute atomic E-state index is 0.0212. The molecule has 1 heterocycles. The molecule has 0 saturated carbocycles. The molecule has 158 valence electrons. The Morgan fingerprint density at radius 2 is 1.93 bits per heavy atom. The lowest BCUT2D eigenvalue weighted by molar-refractivity contribution is -0.147. The van der Waals surface area contributed by atoms with Crippen LogP contribution in [0.1, 0.15) is 43.3 Å². The van der Waals surface area contributed by atoms with Gasteiger partial charge in [-0.05, 0) is 38.0 Å². The fourth-order valence-corrected chi connectivity index (χ4v) is 2.86. The van der Waals surface area contributed by atoms with Gasteiger partial charge in [0.2, 0.25) is 5.76 Å². The highest BCUT2D eigenvalue weighted by Crippen LogP contribution is 2.29. The topological polar surface area (TPSA) is 104 Å². The molecule has 1 aromatic heterocycles. The third-order valence-electron chi connectivity index (χ3n) is 4.72. The number of ether oxygens (including phenoxy) is 3. The van der Waals surface area contributed by atoms with Crippen molar-refractivity contribution in [3.63, 3.8) is 0 Å². The van der Waals surface area contributed by atoms with Gasteiger partial charge in [-0.2, -0.15) is 0 Å². The lowest BCUT2D eigenvalue weighted by atomic mass is 9.99. The molecule has 0 aliphatic heterocycles. The monoisotopic (exact) mass is 405 g/mol. The Bertz CT molecular complexity index is 887. The van der Waals surface area contributed by atoms with Crippen molar-refractivity contribution in [3.05, 3.63) is 29.5 Å². The molecule has 0 bridgehead atoms. The smallest absolute Gasteiger partial charge is 0.375 e. The Kier molecular flexibility index (Phi) is 7.64. The van der Waals surface area contributed by atoms with Crippen LogP contribution in [0.5, 0.6) is 5.75 Å². The number of furan rings is 1. The average molecular weight is 405 g/mol. The van der Waals surface area contributed by atoms with Gasteiger partial charge in [-0.25, -0.2) is 9.59 Å². The van der Waals surface area contributed by atoms with E-state index in [1.54, 1.807) is 25.1 Å². The molecular formula is C21H27NO7. The summed E-state index contributed by atoms with van der Waals surface area (Å²) in [5, 5.41) is 3.28. The van der Waals surface area contributed by atoms with Crippen molar-refractivity contribution in [1.82, 2.24) is 5.32 Å². The predicted molar refractivity (Wildman–Crippen MR) is 106 cm³/mol. The number of rotatable bonds is 9. The van der Waals surface area contributed by atoms with Crippen LogP contribution in [0.3, 0.4) is 0 Å². The van der Waals surface area contributed by atoms with Crippen LogP contribution >= 0.6 is 0 Å². The first kappa shape index (κ1) is 22.3. The molecule has 8 nitrogen and oxygen atoms in total. The number of hydrogen-bond acceptors (Lipinski definition) is 7. The Hall–Kier alpha value is -3.03. The second-order valence-electron chi connectivity index (χ2n) is 6.68. The van der Waals surface area contributed by atoms with Crippen LogP contribution in [0.4, 0.5) is 0 Å². The molecule has 2 rings (SSSR count). The van der Waals surface area contributed by atoms with Gasteiger partial charge in [0.25, 0.3) is 5.91 Å². The number of benzene rings is 1. The standard InChI is InChI=1S/C21H27NO7/c1-6-12(3)18(20(24)26-5)22-17(23)11-28-21(25)19-13(4)15-10-14(27-7-2)8-9-16(15)29-19/h8-10,12,18H,6-7,11H2,1-5H3,(H,22,23)/t12-,18-/m0/s1. The molecule has 8 heteroatoms. The van der Waals surface area contributed by atoms with E-state index < -0.39 is 30.5 Å². The lowest BCUT2D eigenvalue weighted by Gasteiger charge is -2.21. The van der Waals surface area contributed by atoms with Gasteiger partial charge in [-0.15, -0.1) is 0 Å². The van der Waals surface area contributed by atoms with E-state index in [0.29, 0.717) is 29.9 Å². The Morgan fingerprint density at radius 3 is 2.55 bits per heavy atom. The van der Waals surface area contributed by atoms with E-state index in [2.05, 4.69) is 5.32 Å². The predicted octanol–water partition coefficient (Wildman–Crippen LogP) is 3.00. The average Bonchev–Trinajstić information content (AvgIpc) is 3.05. The van der Waals surface area contributed by atoms with E-state index in [1.807, 2.05) is 20.8 Å². The zero-order valence-electron chi connectivity index (χ0n) is 17.4. The highest BCUT2D eigenvalue weighted by atomic mass is 16.5. The van der Waals surface area contributed by atoms with Crippen LogP contribution in [0.15, 0.2) is 22.6 Å². The minimum atomic E-state index is -0.805. The third kappa shape index (κ3) is 5.28. The van der Waals surface area contributed by atoms with Crippen molar-refractivity contribution < 1.29 is 33.0 Å². The molecule has 0 radical (unpaired) electrons. The number of methoxy groups -OCH3 is 1. The maximum atomic E-state index is 12.4. The molecule has 1 amide bonds. The maximum absolute atomic E-state index is 12.4. The largest absolute Gasteiger partial charge is 0.494 e. The highest BCUT2D eigenvalue weighted by Gasteiger charge is 2.27. The zero-order valence-corrected chi connectivity index (χ0v) is 17.4. The van der Waals surface area contributed by atoms with Gasteiger partial charge >= 0.3 is 11.9 Å². The zero-order chi connectivity index (χ0) is 21.6. The third-order valence-corrected chi connectivity index (χ3v) is 4.72. The van der Waals surface area contributed by atoms with Gasteiger partial charge in [-0.3, -0.25) is 4.79 Å². The van der Waals surface area contributed by atoms with Crippen molar-refractivity contribution in [2.24, 2.45) is 5.92 Å². The molecule has 0 spiro atoms. The second-order valence-corrected chi connectivity index (χ2v) is 6.68. The molecule has 0 aliphatic rings. The molecule has 29 heavy (non-hydrogen) atoms. The Balaban J connectivity index is 2.05. The van der Waals surface area contributed by atoms with E-state index in [4.69, 9.17) is 18.6 Å². The summed E-state index contributed by atoms with van der Waals surface area (Å²) in [6.45, 7) is 7.32. The van der Waals surface area contributed by atoms with E-state index in [9.17, 15) is 14.4 Å². The Labute approximate surface area is 169 Å². The van der Waals surface area contributed by atoms with Gasteiger partial charge in [0.15, 0.2) is 6.61 Å². The van der Waals surface area contributed by atoms with E-state index in [1.165, 1.54) is 7.11 Å². The van der Waals surface area contributed by atoms with Crippen molar-refractivity contribution >= 4 is 28.8 Å². The SMILES string of the molecule is CCOc1ccc2oc(C(=O)OCC(=O)N[C@H](C(=O)OC)[C@@H](C)CC)c(C)c2c1. The van der Waals surface area contributed by atoms with Crippen LogP contribution in [0.2, 0.25) is 0 Å². The number of nitrogens with one attached hydrogen (secondary N) is 1. The van der Waals surface area contributed by atoms with Gasteiger partial charge in [-0.1, -0.05) is 20.3 Å². The van der Waals surface area contributed by atoms with Gasteiger partial charge in [0, 0.05) is 10.9 Å². The maximum Gasteiger partial charge on any atom is 0.375 e. The summed E-state index contributed by atoms with van der Waals surface area (Å²) in [5.74, 6) is -1.34. The summed E-state index contributed by atoms with van der Waals surface area (Å²) in [7, 11) is 1.26. The molecule has 2 atom stereocenters. The molecule has 0 fully saturated rings. The van der Waals surface area contributed by atoms with E-state index in [-0.39, 0.29) is 11.7 Å². The number of amides is 1. The molecule has 0 saturated heterocycles. The summed E-state index contributed by atoms with van der Waals surface area (Å²) in [4.78, 5) is 36.4. The van der Waals surface area contributed by atoms with Crippen molar-refractivity contribution in [2.45, 2.75) is 40.2 Å². The summed E-state index contributed by atoms with van der Waals surface area (Å²) in [5.41, 5.74) is 1.11. The number of fused-ring (bicyclic) bond motifs is 1. The first-order valence-electron chi connectivity index (χ1n) is 9.52. The summed E-state index contributed by atoms with van der Waals surface area (Å²) in [6, 6.07) is 4.44. The first-order chi connectivity index (χ1) is 13.8. The number of aryl methyl sites for hydroxylation is 1. The Morgan fingerprint density at radius 1 is 1.21 bits per heavy atom. The van der Waals surface area contributed by atoms with Gasteiger partial charge < -0.3 is 23.9 Å². The van der Waals surface area contributed by atoms with Crippen LogP contribution in [-0.4, -0.2) is 44.2 Å². The van der Waals surface area contributed by atoms with Crippen LogP contribution in [0, 0.1) is 12.8 Å². The fraction of sp³-hybridized carbons (Fsp3) is 0.476.